The number of nitro benzene ring substituents is 1. The van der Waals surface area contributed by atoms with Crippen LogP contribution in [0, 0.1) is 17.0 Å². The number of carbonyl (C=O) groups excluding carboxylic acids is 1. The van der Waals surface area contributed by atoms with E-state index in [2.05, 4.69) is 10.5 Å². The van der Waals surface area contributed by atoms with Gasteiger partial charge in [-0.25, -0.2) is 5.43 Å². The second-order valence-corrected chi connectivity index (χ2v) is 4.93. The van der Waals surface area contributed by atoms with Crippen molar-refractivity contribution in [1.82, 2.24) is 5.43 Å². The van der Waals surface area contributed by atoms with Gasteiger partial charge in [0, 0.05) is 22.8 Å². The molecule has 1 N–H and O–H groups in total. The fraction of sp³-hybridized carbons (Fsp3) is 0.176. The first kappa shape index (κ1) is 17.1. The fourth-order valence-electron chi connectivity index (χ4n) is 2.10. The number of hydrazone groups is 1. The molecular formula is C17H17N3O4. The van der Waals surface area contributed by atoms with Gasteiger partial charge in [0.05, 0.1) is 17.7 Å². The zero-order valence-electron chi connectivity index (χ0n) is 13.4. The van der Waals surface area contributed by atoms with Gasteiger partial charge in [-0.3, -0.25) is 14.9 Å². The molecule has 0 radical (unpaired) electrons. The van der Waals surface area contributed by atoms with E-state index < -0.39 is 10.8 Å². The maximum absolute atomic E-state index is 12.1. The van der Waals surface area contributed by atoms with Crippen LogP contribution >= 0.6 is 0 Å². The Balaban J connectivity index is 2.08. The van der Waals surface area contributed by atoms with Crippen molar-refractivity contribution in [3.63, 3.8) is 0 Å². The predicted molar refractivity (Wildman–Crippen MR) is 90.5 cm³/mol. The first-order valence-electron chi connectivity index (χ1n) is 7.33. The van der Waals surface area contributed by atoms with Crippen LogP contribution in [-0.2, 0) is 0 Å². The summed E-state index contributed by atoms with van der Waals surface area (Å²) in [7, 11) is 0. The molecule has 2 rings (SSSR count). The molecule has 0 aliphatic rings. The number of aryl methyl sites for hydroxylation is 1. The van der Waals surface area contributed by atoms with Crippen LogP contribution in [0.25, 0.3) is 0 Å². The number of carbonyl (C=O) groups is 1. The first-order chi connectivity index (χ1) is 11.5. The summed E-state index contributed by atoms with van der Waals surface area (Å²) in [6.07, 6.45) is 1.49. The minimum atomic E-state index is -0.486. The Hall–Kier alpha value is -3.22. The van der Waals surface area contributed by atoms with E-state index in [-0.39, 0.29) is 5.69 Å². The number of benzene rings is 2. The number of hydrogen-bond acceptors (Lipinski definition) is 5. The maximum atomic E-state index is 12.1. The third-order valence-electron chi connectivity index (χ3n) is 3.24. The second kappa shape index (κ2) is 7.87. The van der Waals surface area contributed by atoms with Gasteiger partial charge in [0.1, 0.15) is 5.75 Å². The highest BCUT2D eigenvalue weighted by atomic mass is 16.6. The van der Waals surface area contributed by atoms with Gasteiger partial charge in [-0.05, 0) is 38.1 Å². The molecule has 7 heteroatoms. The van der Waals surface area contributed by atoms with Crippen molar-refractivity contribution in [1.29, 1.82) is 0 Å². The van der Waals surface area contributed by atoms with Crippen LogP contribution in [-0.4, -0.2) is 23.7 Å². The minimum absolute atomic E-state index is 0.0271. The first-order valence-corrected chi connectivity index (χ1v) is 7.33. The Labute approximate surface area is 139 Å². The zero-order valence-corrected chi connectivity index (χ0v) is 13.4. The van der Waals surface area contributed by atoms with Crippen molar-refractivity contribution in [2.45, 2.75) is 13.8 Å². The number of para-hydroxylation sites is 1. The number of nitrogens with zero attached hydrogens (tertiary/aromatic N) is 2. The van der Waals surface area contributed by atoms with Crippen molar-refractivity contribution in [3.8, 4) is 5.75 Å². The Morgan fingerprint density at radius 2 is 2.08 bits per heavy atom. The number of hydrogen-bond donors (Lipinski definition) is 1. The zero-order chi connectivity index (χ0) is 17.5. The lowest BCUT2D eigenvalue weighted by molar-refractivity contribution is -0.385. The predicted octanol–water partition coefficient (Wildman–Crippen LogP) is 3.07. The summed E-state index contributed by atoms with van der Waals surface area (Å²) in [5.41, 5.74) is 3.82. The molecule has 2 aromatic rings. The Morgan fingerprint density at radius 3 is 2.75 bits per heavy atom. The van der Waals surface area contributed by atoms with Crippen LogP contribution in [0.15, 0.2) is 47.6 Å². The average Bonchev–Trinajstić information content (AvgIpc) is 2.56. The smallest absolute Gasteiger partial charge is 0.272 e. The molecule has 24 heavy (non-hydrogen) atoms. The van der Waals surface area contributed by atoms with E-state index in [0.717, 1.165) is 5.56 Å². The van der Waals surface area contributed by atoms with Gasteiger partial charge in [-0.2, -0.15) is 5.10 Å². The summed E-state index contributed by atoms with van der Waals surface area (Å²) >= 11 is 0. The largest absolute Gasteiger partial charge is 0.493 e. The van der Waals surface area contributed by atoms with Crippen LogP contribution in [0.2, 0.25) is 0 Å². The Bertz CT molecular complexity index is 787. The van der Waals surface area contributed by atoms with Crippen molar-refractivity contribution in [2.75, 3.05) is 6.61 Å². The van der Waals surface area contributed by atoms with E-state index in [0.29, 0.717) is 23.5 Å². The SMILES string of the molecule is CCOc1ccccc1/C=N/NC(=O)c1ccc([N+](=O)[O-])c(C)c1. The lowest BCUT2D eigenvalue weighted by Gasteiger charge is -2.06. The third-order valence-corrected chi connectivity index (χ3v) is 3.24. The van der Waals surface area contributed by atoms with Crippen LogP contribution in [0.3, 0.4) is 0 Å². The molecule has 0 fully saturated rings. The monoisotopic (exact) mass is 327 g/mol. The normalized spacial score (nSPS) is 10.6. The topological polar surface area (TPSA) is 93.8 Å². The summed E-state index contributed by atoms with van der Waals surface area (Å²) in [6, 6.07) is 11.5. The Kier molecular flexibility index (Phi) is 5.62. The molecular weight excluding hydrogens is 310 g/mol. The molecule has 0 saturated carbocycles. The highest BCUT2D eigenvalue weighted by Crippen LogP contribution is 2.19. The molecule has 0 unspecified atom stereocenters. The molecule has 0 bridgehead atoms. The summed E-state index contributed by atoms with van der Waals surface area (Å²) in [5, 5.41) is 14.7. The lowest BCUT2D eigenvalue weighted by Crippen LogP contribution is -2.17. The quantitative estimate of drug-likeness (QED) is 0.501. The Morgan fingerprint density at radius 1 is 1.33 bits per heavy atom. The standard InChI is InChI=1S/C17H17N3O4/c1-3-24-16-7-5-4-6-14(16)11-18-19-17(21)13-8-9-15(20(22)23)12(2)10-13/h4-11H,3H2,1-2H3,(H,19,21)/b18-11+. The molecule has 124 valence electrons. The van der Waals surface area contributed by atoms with Crippen LogP contribution < -0.4 is 10.2 Å². The molecule has 0 saturated heterocycles. The van der Waals surface area contributed by atoms with Gasteiger partial charge < -0.3 is 4.74 Å². The van der Waals surface area contributed by atoms with Gasteiger partial charge in [0.25, 0.3) is 11.6 Å². The van der Waals surface area contributed by atoms with Crippen molar-refractivity contribution >= 4 is 17.8 Å². The lowest BCUT2D eigenvalue weighted by atomic mass is 10.1. The third kappa shape index (κ3) is 4.16. The van der Waals surface area contributed by atoms with Crippen molar-refractivity contribution in [3.05, 3.63) is 69.3 Å². The number of amides is 1. The number of ether oxygens (including phenoxy) is 1. The average molecular weight is 327 g/mol. The van der Waals surface area contributed by atoms with Gasteiger partial charge in [0.2, 0.25) is 0 Å². The van der Waals surface area contributed by atoms with Crippen LogP contribution in [0.4, 0.5) is 5.69 Å². The van der Waals surface area contributed by atoms with E-state index in [1.807, 2.05) is 31.2 Å². The van der Waals surface area contributed by atoms with Crippen LogP contribution in [0.1, 0.15) is 28.4 Å². The van der Waals surface area contributed by atoms with E-state index in [1.54, 1.807) is 6.92 Å². The molecule has 0 atom stereocenters. The number of rotatable bonds is 6. The molecule has 0 aliphatic heterocycles. The highest BCUT2D eigenvalue weighted by Gasteiger charge is 2.13. The maximum Gasteiger partial charge on any atom is 0.272 e. The van der Waals surface area contributed by atoms with Gasteiger partial charge in [-0.1, -0.05) is 12.1 Å². The van der Waals surface area contributed by atoms with E-state index in [4.69, 9.17) is 4.74 Å². The molecule has 1 amide bonds. The molecule has 0 aliphatic carbocycles. The van der Waals surface area contributed by atoms with E-state index in [9.17, 15) is 14.9 Å². The van der Waals surface area contributed by atoms with Crippen molar-refractivity contribution in [2.24, 2.45) is 5.10 Å². The summed E-state index contributed by atoms with van der Waals surface area (Å²) in [5.74, 6) is 0.224. The molecule has 2 aromatic carbocycles. The highest BCUT2D eigenvalue weighted by molar-refractivity contribution is 5.95. The van der Waals surface area contributed by atoms with Crippen molar-refractivity contribution < 1.29 is 14.5 Å². The van der Waals surface area contributed by atoms with Gasteiger partial charge in [-0.15, -0.1) is 0 Å². The minimum Gasteiger partial charge on any atom is -0.493 e. The summed E-state index contributed by atoms with van der Waals surface area (Å²) in [6.45, 7) is 3.99. The van der Waals surface area contributed by atoms with E-state index in [1.165, 1.54) is 24.4 Å². The number of nitro groups is 1. The number of nitrogens with one attached hydrogen (secondary N) is 1. The second-order valence-electron chi connectivity index (χ2n) is 4.93. The molecule has 0 heterocycles. The molecule has 7 nitrogen and oxygen atoms in total. The summed E-state index contributed by atoms with van der Waals surface area (Å²) < 4.78 is 5.46. The van der Waals surface area contributed by atoms with Gasteiger partial charge >= 0.3 is 0 Å². The van der Waals surface area contributed by atoms with E-state index >= 15 is 0 Å². The molecule has 0 aromatic heterocycles. The van der Waals surface area contributed by atoms with Crippen LogP contribution in [0.5, 0.6) is 5.75 Å². The fourth-order valence-corrected chi connectivity index (χ4v) is 2.10. The summed E-state index contributed by atoms with van der Waals surface area (Å²) in [4.78, 5) is 22.4. The van der Waals surface area contributed by atoms with Gasteiger partial charge in [0.15, 0.2) is 0 Å². The molecule has 0 spiro atoms.